The minimum absolute atomic E-state index is 0. The van der Waals surface area contributed by atoms with Crippen molar-refractivity contribution in [1.29, 1.82) is 0 Å². The minimum atomic E-state index is -0.123. The largest absolute Gasteiger partial charge is 0.466 e. The second-order valence-corrected chi connectivity index (χ2v) is 1.16. The van der Waals surface area contributed by atoms with Gasteiger partial charge in [0, 0.05) is 23.5 Å². The molecule has 0 aliphatic carbocycles. The predicted molar refractivity (Wildman–Crippen MR) is 26.9 cm³/mol. The smallest absolute Gasteiger partial charge is 0.305 e. The normalized spacial score (nSPS) is 7.25. The molecule has 0 unspecified atom stereocenters. The fraction of sp³-hybridized carbons (Fsp3) is 0.800. The Morgan fingerprint density at radius 3 is 2.12 bits per heavy atom. The Morgan fingerprint density at radius 1 is 1.50 bits per heavy atom. The Morgan fingerprint density at radius 2 is 2.00 bits per heavy atom. The van der Waals surface area contributed by atoms with Crippen molar-refractivity contribution in [2.24, 2.45) is 0 Å². The van der Waals surface area contributed by atoms with Gasteiger partial charge in [-0.2, -0.15) is 0 Å². The third kappa shape index (κ3) is 5.99. The molecule has 0 aliphatic rings. The van der Waals surface area contributed by atoms with Gasteiger partial charge in [-0.25, -0.2) is 0 Å². The number of rotatable bonds is 2. The zero-order chi connectivity index (χ0) is 5.70. The maximum absolute atomic E-state index is 10.2. The summed E-state index contributed by atoms with van der Waals surface area (Å²) in [7, 11) is 0. The summed E-state index contributed by atoms with van der Waals surface area (Å²) in [4.78, 5) is 10.2. The molecular formula is C5H10CuO2. The molecule has 0 amide bonds. The van der Waals surface area contributed by atoms with Gasteiger partial charge in [0.1, 0.15) is 0 Å². The molecule has 1 radical (unpaired) electrons. The van der Waals surface area contributed by atoms with Gasteiger partial charge in [-0.1, -0.05) is 6.92 Å². The van der Waals surface area contributed by atoms with Crippen molar-refractivity contribution in [3.63, 3.8) is 0 Å². The van der Waals surface area contributed by atoms with E-state index in [-0.39, 0.29) is 23.0 Å². The maximum Gasteiger partial charge on any atom is 0.305 e. The van der Waals surface area contributed by atoms with Crippen molar-refractivity contribution in [2.75, 3.05) is 6.61 Å². The second kappa shape index (κ2) is 6.99. The zero-order valence-electron chi connectivity index (χ0n) is 5.03. The molecule has 0 saturated heterocycles. The Bertz CT molecular complexity index is 63.4. The standard InChI is InChI=1S/C5H10O2.Cu/c1-3-5(6)7-4-2;/h3-4H2,1-2H3;. The summed E-state index contributed by atoms with van der Waals surface area (Å²) in [6, 6.07) is 0. The van der Waals surface area contributed by atoms with Crippen LogP contribution in [0.4, 0.5) is 0 Å². The SMILES string of the molecule is CCOC(=O)CC.[Cu]. The molecule has 8 heavy (non-hydrogen) atoms. The van der Waals surface area contributed by atoms with Crippen LogP contribution in [0.25, 0.3) is 0 Å². The fourth-order valence-electron chi connectivity index (χ4n) is 0.263. The molecule has 0 heterocycles. The van der Waals surface area contributed by atoms with E-state index in [1.54, 1.807) is 13.8 Å². The van der Waals surface area contributed by atoms with Gasteiger partial charge in [-0.3, -0.25) is 4.79 Å². The minimum Gasteiger partial charge on any atom is -0.466 e. The van der Waals surface area contributed by atoms with Crippen LogP contribution < -0.4 is 0 Å². The van der Waals surface area contributed by atoms with Crippen LogP contribution >= 0.6 is 0 Å². The molecule has 3 heteroatoms. The number of carbonyl (C=O) groups is 1. The number of hydrogen-bond acceptors (Lipinski definition) is 2. The van der Waals surface area contributed by atoms with Crippen LogP contribution in [0.2, 0.25) is 0 Å². The number of hydrogen-bond donors (Lipinski definition) is 0. The predicted octanol–water partition coefficient (Wildman–Crippen LogP) is 0.957. The number of carbonyl (C=O) groups excluding carboxylic acids is 1. The Balaban J connectivity index is 0. The zero-order valence-corrected chi connectivity index (χ0v) is 5.97. The quantitative estimate of drug-likeness (QED) is 0.450. The summed E-state index contributed by atoms with van der Waals surface area (Å²) in [5, 5.41) is 0. The molecule has 0 fully saturated rings. The van der Waals surface area contributed by atoms with Crippen molar-refractivity contribution >= 4 is 5.97 Å². The van der Waals surface area contributed by atoms with E-state index in [9.17, 15) is 4.79 Å². The van der Waals surface area contributed by atoms with E-state index < -0.39 is 0 Å². The molecule has 53 valence electrons. The number of ether oxygens (including phenoxy) is 1. The van der Waals surface area contributed by atoms with E-state index in [2.05, 4.69) is 4.74 Å². The second-order valence-electron chi connectivity index (χ2n) is 1.16. The molecule has 0 aliphatic heterocycles. The van der Waals surface area contributed by atoms with Crippen LogP contribution in [0.3, 0.4) is 0 Å². The topological polar surface area (TPSA) is 26.3 Å². The molecule has 0 N–H and O–H groups in total. The molecule has 0 bridgehead atoms. The number of esters is 1. The first-order chi connectivity index (χ1) is 3.31. The molecule has 0 atom stereocenters. The molecular weight excluding hydrogens is 156 g/mol. The summed E-state index contributed by atoms with van der Waals surface area (Å²) < 4.78 is 4.55. The Hall–Kier alpha value is -0.0105. The van der Waals surface area contributed by atoms with Gasteiger partial charge < -0.3 is 4.74 Å². The first-order valence-electron chi connectivity index (χ1n) is 2.46. The first-order valence-corrected chi connectivity index (χ1v) is 2.46. The summed E-state index contributed by atoms with van der Waals surface area (Å²) in [5.41, 5.74) is 0. The third-order valence-corrected chi connectivity index (χ3v) is 0.594. The molecule has 0 aromatic heterocycles. The van der Waals surface area contributed by atoms with Gasteiger partial charge >= 0.3 is 5.97 Å². The maximum atomic E-state index is 10.2. The van der Waals surface area contributed by atoms with Crippen LogP contribution in [-0.2, 0) is 26.6 Å². The van der Waals surface area contributed by atoms with Crippen molar-refractivity contribution < 1.29 is 26.6 Å². The van der Waals surface area contributed by atoms with E-state index in [4.69, 9.17) is 0 Å². The van der Waals surface area contributed by atoms with Crippen molar-refractivity contribution in [1.82, 2.24) is 0 Å². The van der Waals surface area contributed by atoms with E-state index in [0.29, 0.717) is 13.0 Å². The summed E-state index contributed by atoms with van der Waals surface area (Å²) in [5.74, 6) is -0.123. The third-order valence-electron chi connectivity index (χ3n) is 0.594. The van der Waals surface area contributed by atoms with Gasteiger partial charge in [0.15, 0.2) is 0 Å². The van der Waals surface area contributed by atoms with E-state index in [0.717, 1.165) is 0 Å². The summed E-state index contributed by atoms with van der Waals surface area (Å²) in [6.45, 7) is 4.07. The molecule has 0 saturated carbocycles. The molecule has 0 aromatic carbocycles. The van der Waals surface area contributed by atoms with Crippen LogP contribution in [0.5, 0.6) is 0 Å². The molecule has 0 spiro atoms. The fourth-order valence-corrected chi connectivity index (χ4v) is 0.263. The van der Waals surface area contributed by atoms with Crippen LogP contribution in [-0.4, -0.2) is 12.6 Å². The van der Waals surface area contributed by atoms with Crippen LogP contribution in [0.15, 0.2) is 0 Å². The van der Waals surface area contributed by atoms with Gasteiger partial charge in [-0.05, 0) is 6.92 Å². The van der Waals surface area contributed by atoms with Crippen LogP contribution in [0.1, 0.15) is 20.3 Å². The van der Waals surface area contributed by atoms with Crippen molar-refractivity contribution in [3.05, 3.63) is 0 Å². The van der Waals surface area contributed by atoms with Crippen LogP contribution in [0, 0.1) is 0 Å². The van der Waals surface area contributed by atoms with Gasteiger partial charge in [-0.15, -0.1) is 0 Å². The van der Waals surface area contributed by atoms with Crippen molar-refractivity contribution in [3.8, 4) is 0 Å². The van der Waals surface area contributed by atoms with E-state index in [1.807, 2.05) is 0 Å². The molecule has 0 aromatic rings. The van der Waals surface area contributed by atoms with Gasteiger partial charge in [0.05, 0.1) is 6.61 Å². The average molecular weight is 166 g/mol. The van der Waals surface area contributed by atoms with E-state index in [1.165, 1.54) is 0 Å². The average Bonchev–Trinajstić information content (AvgIpc) is 1.68. The van der Waals surface area contributed by atoms with Gasteiger partial charge in [0.25, 0.3) is 0 Å². The summed E-state index contributed by atoms with van der Waals surface area (Å²) in [6.07, 6.45) is 0.480. The monoisotopic (exact) mass is 165 g/mol. The Labute approximate surface area is 60.1 Å². The first kappa shape index (κ1) is 10.9. The molecule has 0 rings (SSSR count). The van der Waals surface area contributed by atoms with Gasteiger partial charge in [0.2, 0.25) is 0 Å². The summed E-state index contributed by atoms with van der Waals surface area (Å²) >= 11 is 0. The Kier molecular flexibility index (Phi) is 9.51. The van der Waals surface area contributed by atoms with Crippen molar-refractivity contribution in [2.45, 2.75) is 20.3 Å². The molecule has 2 nitrogen and oxygen atoms in total. The van der Waals surface area contributed by atoms with E-state index >= 15 is 0 Å².